The van der Waals surface area contributed by atoms with E-state index in [0.717, 1.165) is 11.1 Å². The summed E-state index contributed by atoms with van der Waals surface area (Å²) in [5, 5.41) is 4.82. The lowest BCUT2D eigenvalue weighted by Crippen LogP contribution is -2.22. The third kappa shape index (κ3) is 2.46. The molecule has 0 radical (unpaired) electrons. The standard InChI is InChI=1S/C17H12BrClFN3O/c18-16(23-10-21-9-22-23)17(11-5-7-12(20)8-6-11)15(24-17)13-3-1-2-4-14(13)19/h1-10,15-16H/t15-,16?,17+/m0/s1. The fourth-order valence-electron chi connectivity index (χ4n) is 2.92. The monoisotopic (exact) mass is 407 g/mol. The van der Waals surface area contributed by atoms with Gasteiger partial charge in [-0.15, -0.1) is 0 Å². The van der Waals surface area contributed by atoms with Crippen LogP contribution in [0.4, 0.5) is 4.39 Å². The first-order chi connectivity index (χ1) is 11.6. The molecule has 0 aliphatic carbocycles. The number of rotatable bonds is 4. The Morgan fingerprint density at radius 1 is 1.21 bits per heavy atom. The fraction of sp³-hybridized carbons (Fsp3) is 0.176. The Hall–Kier alpha value is -1.76. The number of epoxide rings is 1. The molecule has 0 amide bonds. The highest BCUT2D eigenvalue weighted by molar-refractivity contribution is 9.09. The highest BCUT2D eigenvalue weighted by Crippen LogP contribution is 2.65. The van der Waals surface area contributed by atoms with Crippen molar-refractivity contribution >= 4 is 27.5 Å². The Balaban J connectivity index is 1.80. The summed E-state index contributed by atoms with van der Waals surface area (Å²) in [6, 6.07) is 13.8. The van der Waals surface area contributed by atoms with Crippen LogP contribution in [0.1, 0.15) is 22.2 Å². The van der Waals surface area contributed by atoms with Gasteiger partial charge < -0.3 is 4.74 Å². The van der Waals surface area contributed by atoms with Crippen molar-refractivity contribution < 1.29 is 9.13 Å². The molecule has 2 heterocycles. The van der Waals surface area contributed by atoms with Crippen molar-refractivity contribution in [3.63, 3.8) is 0 Å². The van der Waals surface area contributed by atoms with E-state index in [2.05, 4.69) is 26.0 Å². The quantitative estimate of drug-likeness (QED) is 0.467. The highest BCUT2D eigenvalue weighted by Gasteiger charge is 2.64. The van der Waals surface area contributed by atoms with Gasteiger partial charge >= 0.3 is 0 Å². The minimum atomic E-state index is -0.744. The topological polar surface area (TPSA) is 43.2 Å². The molecule has 1 aliphatic rings. The maximum atomic E-state index is 13.4. The van der Waals surface area contributed by atoms with E-state index in [-0.39, 0.29) is 16.9 Å². The maximum absolute atomic E-state index is 13.4. The molecule has 122 valence electrons. The third-order valence-electron chi connectivity index (χ3n) is 4.15. The Labute approximate surface area is 151 Å². The Morgan fingerprint density at radius 3 is 2.62 bits per heavy atom. The van der Waals surface area contributed by atoms with Gasteiger partial charge in [-0.05, 0) is 23.8 Å². The number of ether oxygens (including phenoxy) is 1. The van der Waals surface area contributed by atoms with Crippen molar-refractivity contribution in [1.29, 1.82) is 0 Å². The zero-order chi connectivity index (χ0) is 16.7. The number of alkyl halides is 1. The molecule has 3 atom stereocenters. The van der Waals surface area contributed by atoms with Crippen LogP contribution in [0, 0.1) is 5.82 Å². The van der Waals surface area contributed by atoms with E-state index in [1.165, 1.54) is 18.5 Å². The van der Waals surface area contributed by atoms with Gasteiger partial charge in [0.15, 0.2) is 5.60 Å². The zero-order valence-corrected chi connectivity index (χ0v) is 14.7. The molecule has 24 heavy (non-hydrogen) atoms. The lowest BCUT2D eigenvalue weighted by atomic mass is 9.91. The molecule has 0 bridgehead atoms. The van der Waals surface area contributed by atoms with Gasteiger partial charge in [-0.2, -0.15) is 5.10 Å². The summed E-state index contributed by atoms with van der Waals surface area (Å²) < 4.78 is 21.2. The van der Waals surface area contributed by atoms with Crippen LogP contribution in [0.25, 0.3) is 0 Å². The van der Waals surface area contributed by atoms with Crippen molar-refractivity contribution in [1.82, 2.24) is 14.8 Å². The Morgan fingerprint density at radius 2 is 1.96 bits per heavy atom. The predicted octanol–water partition coefficient (Wildman–Crippen LogP) is 4.63. The van der Waals surface area contributed by atoms with Crippen LogP contribution in [0.15, 0.2) is 61.2 Å². The first kappa shape index (κ1) is 15.7. The molecule has 1 aliphatic heterocycles. The van der Waals surface area contributed by atoms with Gasteiger partial charge in [-0.3, -0.25) is 0 Å². The first-order valence-electron chi connectivity index (χ1n) is 7.29. The number of halogens is 3. The summed E-state index contributed by atoms with van der Waals surface area (Å²) >= 11 is 10.0. The van der Waals surface area contributed by atoms with E-state index in [9.17, 15) is 4.39 Å². The molecule has 2 aromatic carbocycles. The van der Waals surface area contributed by atoms with Crippen LogP contribution in [0.5, 0.6) is 0 Å². The van der Waals surface area contributed by atoms with Crippen molar-refractivity contribution in [2.45, 2.75) is 16.7 Å². The number of aromatic nitrogens is 3. The molecule has 3 aromatic rings. The zero-order valence-electron chi connectivity index (χ0n) is 12.3. The molecular weight excluding hydrogens is 397 g/mol. The van der Waals surface area contributed by atoms with Crippen LogP contribution < -0.4 is 0 Å². The van der Waals surface area contributed by atoms with Crippen LogP contribution >= 0.6 is 27.5 Å². The van der Waals surface area contributed by atoms with E-state index in [4.69, 9.17) is 16.3 Å². The highest BCUT2D eigenvalue weighted by atomic mass is 79.9. The molecule has 1 unspecified atom stereocenters. The van der Waals surface area contributed by atoms with Gasteiger partial charge in [0, 0.05) is 10.6 Å². The number of benzene rings is 2. The molecule has 1 fully saturated rings. The summed E-state index contributed by atoms with van der Waals surface area (Å²) in [4.78, 5) is 3.67. The van der Waals surface area contributed by atoms with Gasteiger partial charge in [0.25, 0.3) is 0 Å². The van der Waals surface area contributed by atoms with Crippen LogP contribution in [0.3, 0.4) is 0 Å². The van der Waals surface area contributed by atoms with Gasteiger partial charge in [-0.1, -0.05) is 57.9 Å². The second kappa shape index (κ2) is 5.95. The molecule has 4 nitrogen and oxygen atoms in total. The minimum Gasteiger partial charge on any atom is -0.352 e. The SMILES string of the molecule is Fc1ccc([C@@]2(C(Br)n3cncn3)O[C@H]2c2ccccc2Cl)cc1. The van der Waals surface area contributed by atoms with Gasteiger partial charge in [0.05, 0.1) is 0 Å². The Bertz CT molecular complexity index is 859. The second-order valence-electron chi connectivity index (χ2n) is 5.53. The van der Waals surface area contributed by atoms with Crippen LogP contribution in [0.2, 0.25) is 5.02 Å². The van der Waals surface area contributed by atoms with E-state index >= 15 is 0 Å². The van der Waals surface area contributed by atoms with E-state index in [1.54, 1.807) is 23.1 Å². The molecule has 1 saturated heterocycles. The summed E-state index contributed by atoms with van der Waals surface area (Å²) in [7, 11) is 0. The molecule has 7 heteroatoms. The second-order valence-corrected chi connectivity index (χ2v) is 6.81. The van der Waals surface area contributed by atoms with E-state index < -0.39 is 5.60 Å². The van der Waals surface area contributed by atoms with Crippen molar-refractivity contribution in [3.05, 3.63) is 83.2 Å². The van der Waals surface area contributed by atoms with Crippen molar-refractivity contribution in [2.75, 3.05) is 0 Å². The first-order valence-corrected chi connectivity index (χ1v) is 8.59. The molecular formula is C17H12BrClFN3O. The van der Waals surface area contributed by atoms with Gasteiger partial charge in [-0.25, -0.2) is 14.1 Å². The average molecular weight is 409 g/mol. The number of hydrogen-bond acceptors (Lipinski definition) is 3. The smallest absolute Gasteiger partial charge is 0.157 e. The normalized spacial score (nSPS) is 23.9. The van der Waals surface area contributed by atoms with Crippen molar-refractivity contribution in [3.8, 4) is 0 Å². The molecule has 0 N–H and O–H groups in total. The van der Waals surface area contributed by atoms with E-state index in [1.807, 2.05) is 24.3 Å². The number of hydrogen-bond donors (Lipinski definition) is 0. The predicted molar refractivity (Wildman–Crippen MR) is 91.3 cm³/mol. The molecule has 4 rings (SSSR count). The maximum Gasteiger partial charge on any atom is 0.157 e. The Kier molecular flexibility index (Phi) is 3.90. The fourth-order valence-corrected chi connectivity index (χ4v) is 3.98. The molecule has 0 spiro atoms. The van der Waals surface area contributed by atoms with Gasteiger partial charge in [0.1, 0.15) is 29.5 Å². The largest absolute Gasteiger partial charge is 0.352 e. The van der Waals surface area contributed by atoms with Crippen molar-refractivity contribution in [2.24, 2.45) is 0 Å². The third-order valence-corrected chi connectivity index (χ3v) is 5.59. The minimum absolute atomic E-state index is 0.273. The summed E-state index contributed by atoms with van der Waals surface area (Å²) in [5.41, 5.74) is 0.978. The summed E-state index contributed by atoms with van der Waals surface area (Å²) in [5.74, 6) is -0.296. The number of nitrogens with zero attached hydrogens (tertiary/aromatic N) is 3. The summed E-state index contributed by atoms with van der Waals surface area (Å²) in [6.45, 7) is 0. The van der Waals surface area contributed by atoms with Crippen LogP contribution in [-0.4, -0.2) is 14.8 Å². The van der Waals surface area contributed by atoms with Gasteiger partial charge in [0.2, 0.25) is 0 Å². The lowest BCUT2D eigenvalue weighted by molar-refractivity contribution is 0.260. The lowest BCUT2D eigenvalue weighted by Gasteiger charge is -2.20. The van der Waals surface area contributed by atoms with E-state index in [0.29, 0.717) is 5.02 Å². The van der Waals surface area contributed by atoms with Crippen LogP contribution in [-0.2, 0) is 10.3 Å². The molecule has 0 saturated carbocycles. The summed E-state index contributed by atoms with van der Waals surface area (Å²) in [6.07, 6.45) is 2.79. The molecule has 1 aromatic heterocycles. The average Bonchev–Trinajstić information content (AvgIpc) is 3.09.